The molecule has 0 heterocycles. The Kier molecular flexibility index (Phi) is 11.1. The molecule has 1 radical (unpaired) electrons. The third-order valence-corrected chi connectivity index (χ3v) is 24.1. The van der Waals surface area contributed by atoms with E-state index < -0.39 is 51.1 Å². The van der Waals surface area contributed by atoms with Crippen LogP contribution in [-0.4, -0.2) is 51.1 Å². The number of hydrogen-bond acceptors (Lipinski definition) is 4. The molecule has 169 valence electrons. The van der Waals surface area contributed by atoms with Gasteiger partial charge in [0, 0.05) is 0 Å². The van der Waals surface area contributed by atoms with Crippen molar-refractivity contribution in [2.24, 2.45) is 5.92 Å². The maximum Gasteiger partial charge on any atom is 0.315 e. The minimum absolute atomic E-state index is 0.708. The Morgan fingerprint density at radius 3 is 1.57 bits per heavy atom. The monoisotopic (exact) mass is 497 g/mol. The number of hydrogen-bond donors (Lipinski definition) is 0. The minimum Gasteiger partial charge on any atom is -0.456 e. The zero-order valence-electron chi connectivity index (χ0n) is 21.3. The van der Waals surface area contributed by atoms with Gasteiger partial charge in [-0.2, -0.15) is 0 Å². The maximum atomic E-state index is 6.80. The summed E-state index contributed by atoms with van der Waals surface area (Å²) in [5, 5.41) is 0. The molecular weight excluding hydrogens is 449 g/mol. The molecule has 0 rings (SSSR count). The molecule has 0 aromatic carbocycles. The van der Waals surface area contributed by atoms with Gasteiger partial charge in [0.05, 0.1) is 0 Å². The van der Waals surface area contributed by atoms with Gasteiger partial charge in [0.15, 0.2) is 34.0 Å². The Labute approximate surface area is 183 Å². The smallest absolute Gasteiger partial charge is 0.315 e. The molecule has 0 saturated heterocycles. The quantitative estimate of drug-likeness (QED) is 0.257. The van der Waals surface area contributed by atoms with E-state index in [1.807, 2.05) is 0 Å². The van der Waals surface area contributed by atoms with Crippen molar-refractivity contribution < 1.29 is 16.5 Å². The summed E-state index contributed by atoms with van der Waals surface area (Å²) >= 11 is 0. The van der Waals surface area contributed by atoms with Crippen LogP contribution in [0.2, 0.25) is 96.7 Å². The van der Waals surface area contributed by atoms with Gasteiger partial charge in [0.25, 0.3) is 0 Å². The lowest BCUT2D eigenvalue weighted by atomic mass is 10.3. The third kappa shape index (κ3) is 15.0. The van der Waals surface area contributed by atoms with Crippen LogP contribution in [0.4, 0.5) is 0 Å². The van der Waals surface area contributed by atoms with Crippen molar-refractivity contribution in [3.63, 3.8) is 0 Å². The SMILES string of the molecule is CC(C)C[Si](C)(C)O[Si](C)CC[Si](C)(O[Si](C)(C)C)O[Si](C)(C)O[Si](C)(C)C. The van der Waals surface area contributed by atoms with Crippen molar-refractivity contribution in [1.29, 1.82) is 0 Å². The van der Waals surface area contributed by atoms with Crippen LogP contribution in [0.25, 0.3) is 0 Å². The minimum atomic E-state index is -2.31. The summed E-state index contributed by atoms with van der Waals surface area (Å²) in [6.07, 6.45) is 0. The molecule has 4 nitrogen and oxygen atoms in total. The molecule has 0 fully saturated rings. The highest BCUT2D eigenvalue weighted by Crippen LogP contribution is 2.29. The van der Waals surface area contributed by atoms with Gasteiger partial charge in [-0.1, -0.05) is 13.8 Å². The fourth-order valence-corrected chi connectivity index (χ4v) is 30.8. The molecule has 0 bridgehead atoms. The van der Waals surface area contributed by atoms with Crippen LogP contribution in [-0.2, 0) is 16.5 Å². The van der Waals surface area contributed by atoms with Gasteiger partial charge in [-0.3, -0.25) is 0 Å². The largest absolute Gasteiger partial charge is 0.456 e. The van der Waals surface area contributed by atoms with E-state index in [9.17, 15) is 0 Å². The van der Waals surface area contributed by atoms with Crippen molar-refractivity contribution in [3.8, 4) is 0 Å². The van der Waals surface area contributed by atoms with Gasteiger partial charge in [-0.05, 0) is 103 Å². The Balaban J connectivity index is 5.16. The highest BCUT2D eigenvalue weighted by Gasteiger charge is 2.44. The van der Waals surface area contributed by atoms with Gasteiger partial charge in [0.1, 0.15) is 0 Å². The second-order valence-electron chi connectivity index (χ2n) is 11.7. The molecule has 28 heavy (non-hydrogen) atoms. The first-order valence-electron chi connectivity index (χ1n) is 10.8. The van der Waals surface area contributed by atoms with Crippen LogP contribution in [0.1, 0.15) is 13.8 Å². The predicted molar refractivity (Wildman–Crippen MR) is 138 cm³/mol. The van der Waals surface area contributed by atoms with E-state index >= 15 is 0 Å². The summed E-state index contributed by atoms with van der Waals surface area (Å²) in [4.78, 5) is 0. The Bertz CT molecular complexity index is 474. The van der Waals surface area contributed by atoms with Crippen LogP contribution < -0.4 is 0 Å². The fourth-order valence-electron chi connectivity index (χ4n) is 4.00. The molecule has 0 amide bonds. The Morgan fingerprint density at radius 2 is 1.18 bits per heavy atom. The van der Waals surface area contributed by atoms with Crippen molar-refractivity contribution in [3.05, 3.63) is 0 Å². The average molecular weight is 498 g/mol. The fraction of sp³-hybridized carbons (Fsp3) is 1.00. The third-order valence-electron chi connectivity index (χ3n) is 3.82. The van der Waals surface area contributed by atoms with E-state index in [2.05, 4.69) is 92.4 Å². The molecule has 0 spiro atoms. The van der Waals surface area contributed by atoms with E-state index in [0.29, 0.717) is 5.92 Å². The summed E-state index contributed by atoms with van der Waals surface area (Å²) in [7, 11) is -10.3. The zero-order chi connectivity index (χ0) is 22.6. The molecule has 1 atom stereocenters. The summed E-state index contributed by atoms with van der Waals surface area (Å²) < 4.78 is 26.6. The molecule has 0 aromatic rings. The maximum absolute atomic E-state index is 6.80. The van der Waals surface area contributed by atoms with E-state index in [1.54, 1.807) is 0 Å². The predicted octanol–water partition coefficient (Wildman–Crippen LogP) is 6.98. The molecule has 0 saturated carbocycles. The van der Waals surface area contributed by atoms with E-state index in [-0.39, 0.29) is 0 Å². The number of rotatable bonds is 13. The lowest BCUT2D eigenvalue weighted by Crippen LogP contribution is -2.57. The summed E-state index contributed by atoms with van der Waals surface area (Å²) in [6, 6.07) is 3.35. The average Bonchev–Trinajstić information content (AvgIpc) is 2.27. The summed E-state index contributed by atoms with van der Waals surface area (Å²) in [6.45, 7) is 31.8. The van der Waals surface area contributed by atoms with Gasteiger partial charge >= 0.3 is 17.1 Å². The van der Waals surface area contributed by atoms with Gasteiger partial charge in [-0.15, -0.1) is 0 Å². The molecule has 1 unspecified atom stereocenters. The summed E-state index contributed by atoms with van der Waals surface area (Å²) in [5.74, 6) is 0.708. The highest BCUT2D eigenvalue weighted by molar-refractivity contribution is 6.89. The van der Waals surface area contributed by atoms with Crippen LogP contribution in [0.15, 0.2) is 0 Å². The standard InChI is InChI=1S/C18H49O4Si6/c1-18(2)17-26(10,11)19-23(3)15-16-28(14,21-25(7,8)9)22-27(12,13)20-24(4,5)6/h18H,15-17H2,1-14H3. The van der Waals surface area contributed by atoms with Gasteiger partial charge in [0.2, 0.25) is 0 Å². The van der Waals surface area contributed by atoms with Crippen LogP contribution in [0, 0.1) is 5.92 Å². The van der Waals surface area contributed by atoms with Crippen molar-refractivity contribution in [2.75, 3.05) is 0 Å². The van der Waals surface area contributed by atoms with Gasteiger partial charge in [-0.25, -0.2) is 0 Å². The van der Waals surface area contributed by atoms with Crippen molar-refractivity contribution in [1.82, 2.24) is 0 Å². The first-order valence-corrected chi connectivity index (χ1v) is 28.1. The van der Waals surface area contributed by atoms with E-state index in [1.165, 1.54) is 6.04 Å². The molecule has 10 heteroatoms. The first kappa shape index (κ1) is 29.1. The van der Waals surface area contributed by atoms with E-state index in [0.717, 1.165) is 12.1 Å². The Morgan fingerprint density at radius 1 is 0.714 bits per heavy atom. The molecular formula is C18H49O4Si6. The Hall–Kier alpha value is 1.14. The first-order chi connectivity index (χ1) is 12.1. The highest BCUT2D eigenvalue weighted by atomic mass is 28.5. The van der Waals surface area contributed by atoms with Gasteiger partial charge < -0.3 is 16.5 Å². The molecule has 0 aliphatic heterocycles. The lowest BCUT2D eigenvalue weighted by Gasteiger charge is -2.41. The van der Waals surface area contributed by atoms with E-state index in [4.69, 9.17) is 16.5 Å². The molecule has 0 aromatic heterocycles. The van der Waals surface area contributed by atoms with Crippen LogP contribution >= 0.6 is 0 Å². The summed E-state index contributed by atoms with van der Waals surface area (Å²) in [5.41, 5.74) is 0. The van der Waals surface area contributed by atoms with Crippen molar-refractivity contribution >= 4 is 51.1 Å². The molecule has 0 N–H and O–H groups in total. The zero-order valence-corrected chi connectivity index (χ0v) is 27.3. The second-order valence-corrected chi connectivity index (χ2v) is 34.8. The van der Waals surface area contributed by atoms with Crippen LogP contribution in [0.3, 0.4) is 0 Å². The van der Waals surface area contributed by atoms with Crippen LogP contribution in [0.5, 0.6) is 0 Å². The molecule has 0 aliphatic rings. The topological polar surface area (TPSA) is 36.9 Å². The molecule has 0 aliphatic carbocycles. The second kappa shape index (κ2) is 10.6. The lowest BCUT2D eigenvalue weighted by molar-refractivity contribution is 0.324. The van der Waals surface area contributed by atoms with Crippen molar-refractivity contribution in [2.45, 2.75) is 111 Å². The normalized spacial score (nSPS) is 16.7.